The molecule has 0 saturated heterocycles. The number of alkyl halides is 3. The minimum absolute atomic E-state index is 0.558. The van der Waals surface area contributed by atoms with E-state index in [1.165, 1.54) is 7.05 Å². The number of carbonyl (C=O) groups excluding carboxylic acids is 1. The molecule has 0 aromatic carbocycles. The zero-order valence-corrected chi connectivity index (χ0v) is 7.97. The van der Waals surface area contributed by atoms with Crippen LogP contribution in [0.5, 0.6) is 0 Å². The minimum Gasteiger partial charge on any atom is -0.480 e. The van der Waals surface area contributed by atoms with Crippen LogP contribution in [0.25, 0.3) is 0 Å². The van der Waals surface area contributed by atoms with Crippen LogP contribution in [-0.4, -0.2) is 48.3 Å². The SMILES string of the molecule is CN(CC(=O)O)C(=O)NCCC(F)(F)F. The Morgan fingerprint density at radius 2 is 1.93 bits per heavy atom. The van der Waals surface area contributed by atoms with Crippen molar-refractivity contribution in [1.82, 2.24) is 10.2 Å². The lowest BCUT2D eigenvalue weighted by Gasteiger charge is -2.15. The maximum absolute atomic E-state index is 11.7. The highest BCUT2D eigenvalue weighted by molar-refractivity contribution is 5.79. The zero-order valence-electron chi connectivity index (χ0n) is 7.97. The average molecular weight is 228 g/mol. The van der Waals surface area contributed by atoms with Crippen molar-refractivity contribution in [3.8, 4) is 0 Å². The fourth-order valence-electron chi connectivity index (χ4n) is 0.721. The second-order valence-corrected chi connectivity index (χ2v) is 2.85. The van der Waals surface area contributed by atoms with Gasteiger partial charge in [-0.2, -0.15) is 13.2 Å². The first-order chi connectivity index (χ1) is 6.72. The summed E-state index contributed by atoms with van der Waals surface area (Å²) in [5.41, 5.74) is 0. The molecule has 0 fully saturated rings. The predicted octanol–water partition coefficient (Wildman–Crippen LogP) is 0.665. The molecular weight excluding hydrogens is 217 g/mol. The van der Waals surface area contributed by atoms with E-state index in [9.17, 15) is 22.8 Å². The van der Waals surface area contributed by atoms with Crippen LogP contribution >= 0.6 is 0 Å². The molecule has 0 aliphatic heterocycles. The number of carboxylic acid groups (broad SMARTS) is 1. The molecule has 15 heavy (non-hydrogen) atoms. The molecule has 2 amide bonds. The topological polar surface area (TPSA) is 69.6 Å². The standard InChI is InChI=1S/C7H11F3N2O3/c1-12(4-5(13)14)6(15)11-3-2-7(8,9)10/h2-4H2,1H3,(H,11,15)(H,13,14). The molecule has 0 rings (SSSR count). The maximum Gasteiger partial charge on any atom is 0.390 e. The van der Waals surface area contributed by atoms with Gasteiger partial charge >= 0.3 is 18.2 Å². The highest BCUT2D eigenvalue weighted by Gasteiger charge is 2.26. The predicted molar refractivity (Wildman–Crippen MR) is 44.3 cm³/mol. The second-order valence-electron chi connectivity index (χ2n) is 2.85. The lowest BCUT2D eigenvalue weighted by atomic mass is 10.4. The Kier molecular flexibility index (Phi) is 4.89. The molecule has 88 valence electrons. The number of urea groups is 1. The number of aliphatic carboxylic acids is 1. The van der Waals surface area contributed by atoms with E-state index in [2.05, 4.69) is 0 Å². The van der Waals surface area contributed by atoms with Gasteiger partial charge in [-0.25, -0.2) is 4.79 Å². The van der Waals surface area contributed by atoms with E-state index in [1.54, 1.807) is 0 Å². The molecule has 0 aromatic rings. The molecule has 0 atom stereocenters. The Balaban J connectivity index is 3.79. The summed E-state index contributed by atoms with van der Waals surface area (Å²) >= 11 is 0. The van der Waals surface area contributed by atoms with E-state index in [4.69, 9.17) is 5.11 Å². The maximum atomic E-state index is 11.7. The summed E-state index contributed by atoms with van der Waals surface area (Å²) in [5.74, 6) is -1.23. The molecule has 0 heterocycles. The van der Waals surface area contributed by atoms with Crippen molar-refractivity contribution in [2.24, 2.45) is 0 Å². The van der Waals surface area contributed by atoms with Crippen molar-refractivity contribution < 1.29 is 27.9 Å². The number of rotatable bonds is 4. The van der Waals surface area contributed by atoms with Crippen LogP contribution in [-0.2, 0) is 4.79 Å². The average Bonchev–Trinajstić information content (AvgIpc) is 2.00. The molecule has 0 aliphatic rings. The van der Waals surface area contributed by atoms with Crippen LogP contribution in [0.15, 0.2) is 0 Å². The van der Waals surface area contributed by atoms with Crippen LogP contribution in [0.1, 0.15) is 6.42 Å². The van der Waals surface area contributed by atoms with Crippen molar-refractivity contribution in [2.75, 3.05) is 20.1 Å². The number of hydrogen-bond acceptors (Lipinski definition) is 2. The number of nitrogens with zero attached hydrogens (tertiary/aromatic N) is 1. The Hall–Kier alpha value is -1.47. The largest absolute Gasteiger partial charge is 0.480 e. The molecule has 0 radical (unpaired) electrons. The molecule has 0 aromatic heterocycles. The molecular formula is C7H11F3N2O3. The lowest BCUT2D eigenvalue weighted by molar-refractivity contribution is -0.138. The van der Waals surface area contributed by atoms with Crippen molar-refractivity contribution in [3.05, 3.63) is 0 Å². The van der Waals surface area contributed by atoms with Gasteiger partial charge in [-0.3, -0.25) is 4.79 Å². The zero-order chi connectivity index (χ0) is 12.1. The first-order valence-corrected chi connectivity index (χ1v) is 4.00. The van der Waals surface area contributed by atoms with Crippen LogP contribution < -0.4 is 5.32 Å². The number of hydrogen-bond donors (Lipinski definition) is 2. The molecule has 0 bridgehead atoms. The highest BCUT2D eigenvalue weighted by Crippen LogP contribution is 2.18. The van der Waals surface area contributed by atoms with Crippen LogP contribution in [0, 0.1) is 0 Å². The Morgan fingerprint density at radius 3 is 2.33 bits per heavy atom. The summed E-state index contributed by atoms with van der Waals surface area (Å²) in [6.07, 6.45) is -5.47. The summed E-state index contributed by atoms with van der Waals surface area (Å²) in [5, 5.41) is 10.2. The fourth-order valence-corrected chi connectivity index (χ4v) is 0.721. The third-order valence-corrected chi connectivity index (χ3v) is 1.40. The number of halogens is 3. The smallest absolute Gasteiger partial charge is 0.390 e. The quantitative estimate of drug-likeness (QED) is 0.742. The summed E-state index contributed by atoms with van der Waals surface area (Å²) in [6.45, 7) is -1.12. The Bertz CT molecular complexity index is 242. The van der Waals surface area contributed by atoms with Gasteiger partial charge in [-0.05, 0) is 0 Å². The van der Waals surface area contributed by atoms with Crippen LogP contribution in [0.4, 0.5) is 18.0 Å². The van der Waals surface area contributed by atoms with Crippen molar-refractivity contribution in [2.45, 2.75) is 12.6 Å². The van der Waals surface area contributed by atoms with E-state index < -0.39 is 37.7 Å². The number of nitrogens with one attached hydrogen (secondary N) is 1. The first-order valence-electron chi connectivity index (χ1n) is 4.00. The lowest BCUT2D eigenvalue weighted by Crippen LogP contribution is -2.41. The van der Waals surface area contributed by atoms with Crippen LogP contribution in [0.3, 0.4) is 0 Å². The summed E-state index contributed by atoms with van der Waals surface area (Å²) in [4.78, 5) is 21.9. The number of carbonyl (C=O) groups is 2. The molecule has 0 spiro atoms. The number of carboxylic acids is 1. The Labute approximate surface area is 83.9 Å². The molecule has 0 aliphatic carbocycles. The summed E-state index contributed by atoms with van der Waals surface area (Å²) < 4.78 is 35.0. The normalized spacial score (nSPS) is 10.9. The van der Waals surface area contributed by atoms with Gasteiger partial charge in [0.15, 0.2) is 0 Å². The fraction of sp³-hybridized carbons (Fsp3) is 0.714. The van der Waals surface area contributed by atoms with Gasteiger partial charge in [-0.15, -0.1) is 0 Å². The van der Waals surface area contributed by atoms with Gasteiger partial charge in [0.1, 0.15) is 6.54 Å². The van der Waals surface area contributed by atoms with Gasteiger partial charge in [0.25, 0.3) is 0 Å². The molecule has 2 N–H and O–H groups in total. The van der Waals surface area contributed by atoms with Gasteiger partial charge in [0.05, 0.1) is 6.42 Å². The van der Waals surface area contributed by atoms with E-state index in [-0.39, 0.29) is 0 Å². The highest BCUT2D eigenvalue weighted by atomic mass is 19.4. The van der Waals surface area contributed by atoms with Crippen LogP contribution in [0.2, 0.25) is 0 Å². The minimum atomic E-state index is -4.33. The second kappa shape index (κ2) is 5.42. The number of amides is 2. The molecule has 5 nitrogen and oxygen atoms in total. The van der Waals surface area contributed by atoms with E-state index in [0.717, 1.165) is 4.90 Å². The van der Waals surface area contributed by atoms with Crippen molar-refractivity contribution in [1.29, 1.82) is 0 Å². The van der Waals surface area contributed by atoms with E-state index in [1.807, 2.05) is 5.32 Å². The van der Waals surface area contributed by atoms with Gasteiger partial charge in [-0.1, -0.05) is 0 Å². The van der Waals surface area contributed by atoms with Gasteiger partial charge in [0.2, 0.25) is 0 Å². The summed E-state index contributed by atoms with van der Waals surface area (Å²) in [7, 11) is 1.18. The molecule has 8 heteroatoms. The third-order valence-electron chi connectivity index (χ3n) is 1.40. The molecule has 0 unspecified atom stereocenters. The van der Waals surface area contributed by atoms with Gasteiger partial charge < -0.3 is 15.3 Å². The molecule has 0 saturated carbocycles. The first kappa shape index (κ1) is 13.5. The monoisotopic (exact) mass is 228 g/mol. The van der Waals surface area contributed by atoms with Crippen molar-refractivity contribution in [3.63, 3.8) is 0 Å². The van der Waals surface area contributed by atoms with E-state index >= 15 is 0 Å². The number of likely N-dealkylation sites (N-methyl/N-ethyl adjacent to an activating group) is 1. The third kappa shape index (κ3) is 7.59. The Morgan fingerprint density at radius 1 is 1.40 bits per heavy atom. The van der Waals surface area contributed by atoms with E-state index in [0.29, 0.717) is 0 Å². The van der Waals surface area contributed by atoms with Crippen molar-refractivity contribution >= 4 is 12.0 Å². The van der Waals surface area contributed by atoms with Gasteiger partial charge in [0, 0.05) is 13.6 Å². The summed E-state index contributed by atoms with van der Waals surface area (Å²) in [6, 6.07) is -0.846.